The molecule has 0 atom stereocenters. The molecule has 4 nitrogen and oxygen atoms in total. The van der Waals surface area contributed by atoms with Crippen molar-refractivity contribution < 1.29 is 9.21 Å². The highest BCUT2D eigenvalue weighted by atomic mass is 16.4. The van der Waals surface area contributed by atoms with Gasteiger partial charge in [-0.1, -0.05) is 6.92 Å². The van der Waals surface area contributed by atoms with E-state index in [1.54, 1.807) is 31.2 Å². The van der Waals surface area contributed by atoms with Crippen LogP contribution < -0.4 is 10.9 Å². The first-order valence-corrected chi connectivity index (χ1v) is 5.03. The molecular weight excluding hydrogens is 206 g/mol. The quantitative estimate of drug-likeness (QED) is 0.784. The number of nitrogens with one attached hydrogen (secondary N) is 1. The Hall–Kier alpha value is -2.10. The summed E-state index contributed by atoms with van der Waals surface area (Å²) in [4.78, 5) is 22.2. The summed E-state index contributed by atoms with van der Waals surface area (Å²) < 4.78 is 5.01. The smallest absolute Gasteiger partial charge is 0.336 e. The summed E-state index contributed by atoms with van der Waals surface area (Å²) in [5, 5.41) is 3.53. The number of hydrogen-bond acceptors (Lipinski definition) is 3. The van der Waals surface area contributed by atoms with E-state index in [-0.39, 0.29) is 5.91 Å². The van der Waals surface area contributed by atoms with Crippen LogP contribution in [0, 0.1) is 0 Å². The van der Waals surface area contributed by atoms with Gasteiger partial charge in [-0.2, -0.15) is 0 Å². The van der Waals surface area contributed by atoms with E-state index < -0.39 is 5.63 Å². The van der Waals surface area contributed by atoms with Gasteiger partial charge >= 0.3 is 5.63 Å². The molecule has 0 spiro atoms. The molecular formula is C12H11NO3. The molecule has 2 aromatic rings. The van der Waals surface area contributed by atoms with Crippen molar-refractivity contribution in [2.75, 3.05) is 5.32 Å². The summed E-state index contributed by atoms with van der Waals surface area (Å²) in [5.41, 5.74) is 0.710. The lowest BCUT2D eigenvalue weighted by Gasteiger charge is -2.03. The lowest BCUT2D eigenvalue weighted by molar-refractivity contribution is -0.115. The molecule has 16 heavy (non-hydrogen) atoms. The standard InChI is InChI=1S/C12H11NO3/c1-2-11(14)13-9-5-3-8-4-6-12(15)16-10(8)7-9/h3-7H,2H2,1H3,(H,13,14). The van der Waals surface area contributed by atoms with E-state index in [2.05, 4.69) is 5.32 Å². The van der Waals surface area contributed by atoms with Gasteiger partial charge in [0.05, 0.1) is 0 Å². The van der Waals surface area contributed by atoms with Crippen LogP contribution >= 0.6 is 0 Å². The second-order valence-corrected chi connectivity index (χ2v) is 3.41. The number of hydrogen-bond donors (Lipinski definition) is 1. The maximum absolute atomic E-state index is 11.2. The van der Waals surface area contributed by atoms with Gasteiger partial charge < -0.3 is 9.73 Å². The fourth-order valence-electron chi connectivity index (χ4n) is 1.39. The molecule has 1 aromatic heterocycles. The molecule has 0 radical (unpaired) electrons. The number of fused-ring (bicyclic) bond motifs is 1. The first-order chi connectivity index (χ1) is 7.69. The van der Waals surface area contributed by atoms with Crippen LogP contribution in [0.4, 0.5) is 5.69 Å². The molecule has 1 amide bonds. The van der Waals surface area contributed by atoms with Gasteiger partial charge in [0.1, 0.15) is 5.58 Å². The second-order valence-electron chi connectivity index (χ2n) is 3.41. The van der Waals surface area contributed by atoms with E-state index in [9.17, 15) is 9.59 Å². The summed E-state index contributed by atoms with van der Waals surface area (Å²) in [6.07, 6.45) is 0.413. The molecule has 1 N–H and O–H groups in total. The van der Waals surface area contributed by atoms with Gasteiger partial charge in [-0.3, -0.25) is 4.79 Å². The zero-order valence-electron chi connectivity index (χ0n) is 8.82. The fraction of sp³-hybridized carbons (Fsp3) is 0.167. The van der Waals surface area contributed by atoms with Crippen molar-refractivity contribution in [3.8, 4) is 0 Å². The lowest BCUT2D eigenvalue weighted by atomic mass is 10.2. The number of rotatable bonds is 2. The average molecular weight is 217 g/mol. The number of anilines is 1. The predicted molar refractivity (Wildman–Crippen MR) is 61.4 cm³/mol. The Labute approximate surface area is 91.9 Å². The molecule has 0 unspecified atom stereocenters. The molecule has 0 saturated heterocycles. The van der Waals surface area contributed by atoms with E-state index in [1.165, 1.54) is 6.07 Å². The molecule has 82 valence electrons. The molecule has 0 aliphatic carbocycles. The zero-order valence-corrected chi connectivity index (χ0v) is 8.82. The van der Waals surface area contributed by atoms with E-state index in [0.29, 0.717) is 17.7 Å². The normalized spacial score (nSPS) is 10.3. The fourth-order valence-corrected chi connectivity index (χ4v) is 1.39. The van der Waals surface area contributed by atoms with Crippen molar-refractivity contribution >= 4 is 22.6 Å². The van der Waals surface area contributed by atoms with Crippen molar-refractivity contribution in [3.63, 3.8) is 0 Å². The minimum atomic E-state index is -0.397. The number of amides is 1. The Morgan fingerprint density at radius 3 is 2.81 bits per heavy atom. The van der Waals surface area contributed by atoms with Crippen LogP contribution in [0.2, 0.25) is 0 Å². The van der Waals surface area contributed by atoms with Crippen molar-refractivity contribution in [2.45, 2.75) is 13.3 Å². The summed E-state index contributed by atoms with van der Waals surface area (Å²) in [7, 11) is 0. The van der Waals surface area contributed by atoms with E-state index in [1.807, 2.05) is 0 Å². The first kappa shape index (κ1) is 10.4. The topological polar surface area (TPSA) is 59.3 Å². The number of carbonyl (C=O) groups is 1. The molecule has 0 aliphatic heterocycles. The van der Waals surface area contributed by atoms with Crippen LogP contribution in [0.5, 0.6) is 0 Å². The summed E-state index contributed by atoms with van der Waals surface area (Å²) in [6.45, 7) is 1.77. The predicted octanol–water partition coefficient (Wildman–Crippen LogP) is 2.14. The summed E-state index contributed by atoms with van der Waals surface area (Å²) >= 11 is 0. The minimum Gasteiger partial charge on any atom is -0.423 e. The van der Waals surface area contributed by atoms with Gasteiger partial charge in [0.15, 0.2) is 0 Å². The molecule has 1 heterocycles. The van der Waals surface area contributed by atoms with Gasteiger partial charge in [-0.05, 0) is 18.2 Å². The molecule has 2 rings (SSSR count). The van der Waals surface area contributed by atoms with Gasteiger partial charge in [-0.15, -0.1) is 0 Å². The van der Waals surface area contributed by atoms with Crippen LogP contribution in [0.15, 0.2) is 39.5 Å². The van der Waals surface area contributed by atoms with Crippen LogP contribution in [-0.4, -0.2) is 5.91 Å². The number of carbonyl (C=O) groups excluding carboxylic acids is 1. The van der Waals surface area contributed by atoms with Crippen molar-refractivity contribution in [3.05, 3.63) is 40.8 Å². The van der Waals surface area contributed by atoms with Crippen LogP contribution in [0.1, 0.15) is 13.3 Å². The molecule has 0 fully saturated rings. The Morgan fingerprint density at radius 1 is 1.31 bits per heavy atom. The third-order valence-electron chi connectivity index (χ3n) is 2.23. The van der Waals surface area contributed by atoms with Crippen molar-refractivity contribution in [2.24, 2.45) is 0 Å². The zero-order chi connectivity index (χ0) is 11.5. The van der Waals surface area contributed by atoms with Gasteiger partial charge in [-0.25, -0.2) is 4.79 Å². The molecule has 1 aromatic carbocycles. The summed E-state index contributed by atoms with van der Waals surface area (Å²) in [6, 6.07) is 8.27. The van der Waals surface area contributed by atoms with Crippen molar-refractivity contribution in [1.82, 2.24) is 0 Å². The third-order valence-corrected chi connectivity index (χ3v) is 2.23. The molecule has 0 bridgehead atoms. The van der Waals surface area contributed by atoms with E-state index >= 15 is 0 Å². The maximum Gasteiger partial charge on any atom is 0.336 e. The Bertz CT molecular complexity index is 586. The largest absolute Gasteiger partial charge is 0.423 e. The Morgan fingerprint density at radius 2 is 2.06 bits per heavy atom. The van der Waals surface area contributed by atoms with Gasteiger partial charge in [0.25, 0.3) is 0 Å². The molecule has 0 saturated carbocycles. The highest BCUT2D eigenvalue weighted by molar-refractivity contribution is 5.92. The lowest BCUT2D eigenvalue weighted by Crippen LogP contribution is -2.09. The number of benzene rings is 1. The van der Waals surface area contributed by atoms with Gasteiger partial charge in [0, 0.05) is 29.6 Å². The van der Waals surface area contributed by atoms with Crippen molar-refractivity contribution in [1.29, 1.82) is 0 Å². The highest BCUT2D eigenvalue weighted by Gasteiger charge is 2.02. The minimum absolute atomic E-state index is 0.0716. The SMILES string of the molecule is CCC(=O)Nc1ccc2ccc(=O)oc2c1. The third kappa shape index (κ3) is 2.11. The average Bonchev–Trinajstić information content (AvgIpc) is 2.28. The summed E-state index contributed by atoms with van der Waals surface area (Å²) in [5.74, 6) is -0.0716. The highest BCUT2D eigenvalue weighted by Crippen LogP contribution is 2.17. The van der Waals surface area contributed by atoms with Crippen LogP contribution in [0.25, 0.3) is 11.0 Å². The Balaban J connectivity index is 2.42. The maximum atomic E-state index is 11.2. The first-order valence-electron chi connectivity index (χ1n) is 5.03. The van der Waals surface area contributed by atoms with Crippen LogP contribution in [0.3, 0.4) is 0 Å². The van der Waals surface area contributed by atoms with E-state index in [0.717, 1.165) is 5.39 Å². The Kier molecular flexibility index (Phi) is 2.72. The second kappa shape index (κ2) is 4.18. The molecule has 0 aliphatic rings. The monoisotopic (exact) mass is 217 g/mol. The van der Waals surface area contributed by atoms with E-state index in [4.69, 9.17) is 4.42 Å². The molecule has 4 heteroatoms. The van der Waals surface area contributed by atoms with Gasteiger partial charge in [0.2, 0.25) is 5.91 Å². The van der Waals surface area contributed by atoms with Crippen LogP contribution in [-0.2, 0) is 4.79 Å².